The number of hydrogen-bond acceptors (Lipinski definition) is 4. The minimum atomic E-state index is -0.559. The number of imidazole rings is 1. The van der Waals surface area contributed by atoms with Gasteiger partial charge in [0.25, 0.3) is 5.56 Å². The van der Waals surface area contributed by atoms with Gasteiger partial charge in [-0.05, 0) is 19.9 Å². The average molecular weight is 342 g/mol. The van der Waals surface area contributed by atoms with Crippen LogP contribution in [-0.2, 0) is 13.6 Å². The molecule has 0 aliphatic carbocycles. The van der Waals surface area contributed by atoms with Crippen LogP contribution in [0.2, 0.25) is 0 Å². The molecule has 0 fully saturated rings. The molecule has 0 aliphatic rings. The Kier molecular flexibility index (Phi) is 3.18. The fourth-order valence-electron chi connectivity index (χ4n) is 2.98. The number of halogens is 1. The monoisotopic (exact) mass is 342 g/mol. The molecule has 0 amide bonds. The topological polar surface area (TPSA) is 74.4 Å². The Morgan fingerprint density at radius 3 is 2.64 bits per heavy atom. The Morgan fingerprint density at radius 1 is 1.20 bits per heavy atom. The van der Waals surface area contributed by atoms with Crippen molar-refractivity contribution in [1.29, 1.82) is 0 Å². The van der Waals surface area contributed by atoms with Gasteiger partial charge in [0.05, 0.1) is 12.2 Å². The summed E-state index contributed by atoms with van der Waals surface area (Å²) in [6.07, 6.45) is 0. The Balaban J connectivity index is 2.08. The van der Waals surface area contributed by atoms with Crippen molar-refractivity contribution in [3.8, 4) is 0 Å². The molecule has 0 spiro atoms. The lowest BCUT2D eigenvalue weighted by Gasteiger charge is -2.09. The Bertz CT molecular complexity index is 1260. The normalized spacial score (nSPS) is 11.7. The molecule has 0 radical (unpaired) electrons. The molecule has 3 heterocycles. The van der Waals surface area contributed by atoms with Crippen LogP contribution in [0.15, 0.2) is 38.3 Å². The van der Waals surface area contributed by atoms with Crippen LogP contribution in [0.25, 0.3) is 17.0 Å². The minimum Gasteiger partial charge on any atom is -0.428 e. The van der Waals surface area contributed by atoms with Crippen LogP contribution >= 0.6 is 0 Å². The summed E-state index contributed by atoms with van der Waals surface area (Å²) in [5.41, 5.74) is 0.380. The van der Waals surface area contributed by atoms with Gasteiger partial charge in [0.2, 0.25) is 0 Å². The minimum absolute atomic E-state index is 0.156. The molecule has 0 atom stereocenters. The number of benzene rings is 1. The smallest absolute Gasteiger partial charge is 0.332 e. The molecule has 0 saturated heterocycles. The number of aromatic nitrogens is 4. The fraction of sp³-hybridized carbons (Fsp3) is 0.235. The van der Waals surface area contributed by atoms with E-state index < -0.39 is 17.1 Å². The SMILES string of the molecule is Cc1oc2nc3c(c(=O)n(Cc4ccccc4F)c(=O)n3C)n2c1C. The molecular weight excluding hydrogens is 327 g/mol. The summed E-state index contributed by atoms with van der Waals surface area (Å²) in [5, 5.41) is 0. The lowest BCUT2D eigenvalue weighted by molar-refractivity contribution is 0.561. The van der Waals surface area contributed by atoms with E-state index in [2.05, 4.69) is 4.98 Å². The van der Waals surface area contributed by atoms with Crippen LogP contribution in [0.1, 0.15) is 17.0 Å². The molecule has 4 rings (SSSR count). The highest BCUT2D eigenvalue weighted by molar-refractivity contribution is 5.75. The van der Waals surface area contributed by atoms with Crippen LogP contribution in [0.3, 0.4) is 0 Å². The van der Waals surface area contributed by atoms with E-state index in [9.17, 15) is 14.0 Å². The van der Waals surface area contributed by atoms with Crippen LogP contribution < -0.4 is 11.2 Å². The van der Waals surface area contributed by atoms with Gasteiger partial charge in [-0.15, -0.1) is 0 Å². The highest BCUT2D eigenvalue weighted by Gasteiger charge is 2.21. The molecule has 0 aliphatic heterocycles. The van der Waals surface area contributed by atoms with Gasteiger partial charge < -0.3 is 4.42 Å². The second kappa shape index (κ2) is 5.17. The van der Waals surface area contributed by atoms with E-state index in [0.29, 0.717) is 5.76 Å². The summed E-state index contributed by atoms with van der Waals surface area (Å²) in [5.74, 6) is 0.421. The number of fused-ring (bicyclic) bond motifs is 3. The molecule has 1 aromatic carbocycles. The van der Waals surface area contributed by atoms with Gasteiger partial charge in [-0.2, -0.15) is 4.98 Å². The second-order valence-corrected chi connectivity index (χ2v) is 5.97. The van der Waals surface area contributed by atoms with E-state index in [1.54, 1.807) is 36.4 Å². The molecule has 0 saturated carbocycles. The predicted octanol–water partition coefficient (Wildman–Crippen LogP) is 1.75. The maximum absolute atomic E-state index is 14.0. The summed E-state index contributed by atoms with van der Waals surface area (Å²) in [7, 11) is 1.52. The van der Waals surface area contributed by atoms with Crippen molar-refractivity contribution < 1.29 is 8.81 Å². The molecular formula is C17H15FN4O3. The lowest BCUT2D eigenvalue weighted by Crippen LogP contribution is -2.39. The van der Waals surface area contributed by atoms with Gasteiger partial charge in [0, 0.05) is 12.6 Å². The van der Waals surface area contributed by atoms with Crippen LogP contribution in [-0.4, -0.2) is 18.5 Å². The standard InChI is InChI=1S/C17H15FN4O3/c1-9-10(2)25-16-19-14-13(22(9)16)15(23)21(17(24)20(14)3)8-11-6-4-5-7-12(11)18/h4-7H,8H2,1-3H3. The molecule has 8 heteroatoms. The number of oxazole rings is 1. The quantitative estimate of drug-likeness (QED) is 0.556. The molecule has 7 nitrogen and oxygen atoms in total. The van der Waals surface area contributed by atoms with Gasteiger partial charge in [-0.3, -0.25) is 18.3 Å². The van der Waals surface area contributed by atoms with Crippen molar-refractivity contribution in [3.05, 3.63) is 67.9 Å². The zero-order valence-electron chi connectivity index (χ0n) is 13.9. The first-order valence-electron chi connectivity index (χ1n) is 7.71. The third kappa shape index (κ3) is 2.07. The van der Waals surface area contributed by atoms with Gasteiger partial charge in [0.1, 0.15) is 11.6 Å². The predicted molar refractivity (Wildman–Crippen MR) is 89.4 cm³/mol. The van der Waals surface area contributed by atoms with Crippen molar-refractivity contribution in [2.45, 2.75) is 20.4 Å². The molecule has 128 valence electrons. The zero-order valence-corrected chi connectivity index (χ0v) is 13.9. The van der Waals surface area contributed by atoms with E-state index in [-0.39, 0.29) is 29.1 Å². The molecule has 0 bridgehead atoms. The Morgan fingerprint density at radius 2 is 1.92 bits per heavy atom. The second-order valence-electron chi connectivity index (χ2n) is 5.97. The van der Waals surface area contributed by atoms with E-state index in [4.69, 9.17) is 4.42 Å². The van der Waals surface area contributed by atoms with Crippen molar-refractivity contribution in [3.63, 3.8) is 0 Å². The summed E-state index contributed by atoms with van der Waals surface area (Å²) < 4.78 is 23.4. The van der Waals surface area contributed by atoms with Crippen molar-refractivity contribution in [2.75, 3.05) is 0 Å². The lowest BCUT2D eigenvalue weighted by atomic mass is 10.2. The van der Waals surface area contributed by atoms with E-state index in [1.807, 2.05) is 0 Å². The van der Waals surface area contributed by atoms with Gasteiger partial charge in [-0.25, -0.2) is 9.18 Å². The van der Waals surface area contributed by atoms with Gasteiger partial charge >= 0.3 is 11.5 Å². The largest absolute Gasteiger partial charge is 0.428 e. The zero-order chi connectivity index (χ0) is 17.9. The van der Waals surface area contributed by atoms with Crippen molar-refractivity contribution in [1.82, 2.24) is 18.5 Å². The number of hydrogen-bond donors (Lipinski definition) is 0. The Labute approximate surface area is 140 Å². The maximum atomic E-state index is 14.0. The molecule has 3 aromatic heterocycles. The number of rotatable bonds is 2. The van der Waals surface area contributed by atoms with Crippen molar-refractivity contribution >= 4 is 17.0 Å². The molecule has 0 N–H and O–H groups in total. The molecule has 0 unspecified atom stereocenters. The van der Waals surface area contributed by atoms with Crippen LogP contribution in [0.4, 0.5) is 4.39 Å². The van der Waals surface area contributed by atoms with Crippen molar-refractivity contribution in [2.24, 2.45) is 7.05 Å². The highest BCUT2D eigenvalue weighted by Crippen LogP contribution is 2.19. The summed E-state index contributed by atoms with van der Waals surface area (Å²) in [4.78, 5) is 29.8. The van der Waals surface area contributed by atoms with E-state index in [1.165, 1.54) is 17.7 Å². The fourth-order valence-corrected chi connectivity index (χ4v) is 2.98. The third-order valence-electron chi connectivity index (χ3n) is 4.49. The Hall–Kier alpha value is -3.16. The molecule has 4 aromatic rings. The molecule has 25 heavy (non-hydrogen) atoms. The summed E-state index contributed by atoms with van der Waals surface area (Å²) in [6.45, 7) is 3.42. The van der Waals surface area contributed by atoms with E-state index in [0.717, 1.165) is 10.3 Å². The maximum Gasteiger partial charge on any atom is 0.332 e. The number of aryl methyl sites for hydroxylation is 3. The first kappa shape index (κ1) is 15.4. The van der Waals surface area contributed by atoms with Crippen LogP contribution in [0, 0.1) is 19.7 Å². The first-order valence-corrected chi connectivity index (χ1v) is 7.71. The number of nitrogens with zero attached hydrogens (tertiary/aromatic N) is 4. The van der Waals surface area contributed by atoms with Gasteiger partial charge in [-0.1, -0.05) is 18.2 Å². The average Bonchev–Trinajstić information content (AvgIpc) is 3.08. The first-order chi connectivity index (χ1) is 11.9. The summed E-state index contributed by atoms with van der Waals surface area (Å²) in [6, 6.07) is 6.06. The summed E-state index contributed by atoms with van der Waals surface area (Å²) >= 11 is 0. The highest BCUT2D eigenvalue weighted by atomic mass is 19.1. The third-order valence-corrected chi connectivity index (χ3v) is 4.49. The van der Waals surface area contributed by atoms with Gasteiger partial charge in [0.15, 0.2) is 11.2 Å². The van der Waals surface area contributed by atoms with Crippen LogP contribution in [0.5, 0.6) is 0 Å². The van der Waals surface area contributed by atoms with E-state index >= 15 is 0 Å².